The zero-order valence-corrected chi connectivity index (χ0v) is 12.5. The number of hydrogen-bond donors (Lipinski definition) is 1. The molecule has 18 heavy (non-hydrogen) atoms. The van der Waals surface area contributed by atoms with E-state index < -0.39 is 0 Å². The van der Waals surface area contributed by atoms with Crippen molar-refractivity contribution in [1.29, 1.82) is 0 Å². The van der Waals surface area contributed by atoms with Crippen LogP contribution >= 0.6 is 0 Å². The molecule has 2 atom stereocenters. The van der Waals surface area contributed by atoms with Crippen molar-refractivity contribution in [3.8, 4) is 0 Å². The van der Waals surface area contributed by atoms with Crippen LogP contribution in [0.1, 0.15) is 51.3 Å². The minimum atomic E-state index is 0.0251. The smallest absolute Gasteiger partial charge is 0.0479 e. The Bertz CT molecular complexity index is 371. The van der Waals surface area contributed by atoms with Crippen molar-refractivity contribution in [3.05, 3.63) is 35.4 Å². The summed E-state index contributed by atoms with van der Waals surface area (Å²) in [5.74, 6) is 0. The average molecular weight is 248 g/mol. The Balaban J connectivity index is 3.07. The molecule has 2 N–H and O–H groups in total. The lowest BCUT2D eigenvalue weighted by Gasteiger charge is -2.44. The number of aryl methyl sites for hydroxylation is 1. The van der Waals surface area contributed by atoms with Crippen molar-refractivity contribution in [1.82, 2.24) is 4.90 Å². The number of nitrogens with two attached hydrogens (primary N) is 1. The van der Waals surface area contributed by atoms with Crippen LogP contribution in [0.15, 0.2) is 24.3 Å². The first kappa shape index (κ1) is 15.2. The maximum Gasteiger partial charge on any atom is 0.0479 e. The summed E-state index contributed by atoms with van der Waals surface area (Å²) >= 11 is 0. The van der Waals surface area contributed by atoms with Crippen molar-refractivity contribution in [3.63, 3.8) is 0 Å². The molecule has 0 fully saturated rings. The molecule has 0 aliphatic rings. The van der Waals surface area contributed by atoms with Gasteiger partial charge >= 0.3 is 0 Å². The first-order valence-electron chi connectivity index (χ1n) is 7.06. The molecule has 0 heterocycles. The standard InChI is InChI=1S/C16H28N2/c1-6-16(5,18(7-2)8-3)15(17)14-11-9-10-13(4)12-14/h9-12,15H,6-8,17H2,1-5H3. The predicted molar refractivity (Wildman–Crippen MR) is 79.7 cm³/mol. The van der Waals surface area contributed by atoms with Gasteiger partial charge in [0.2, 0.25) is 0 Å². The lowest BCUT2D eigenvalue weighted by Crippen LogP contribution is -2.52. The summed E-state index contributed by atoms with van der Waals surface area (Å²) in [5, 5.41) is 0. The Morgan fingerprint density at radius 1 is 1.22 bits per heavy atom. The second kappa shape index (κ2) is 6.35. The minimum Gasteiger partial charge on any atom is -0.322 e. The van der Waals surface area contributed by atoms with Crippen LogP contribution in [0.25, 0.3) is 0 Å². The molecule has 0 saturated carbocycles. The molecule has 0 amide bonds. The molecule has 0 aromatic heterocycles. The quantitative estimate of drug-likeness (QED) is 0.835. The van der Waals surface area contributed by atoms with Gasteiger partial charge in [-0.3, -0.25) is 4.90 Å². The molecule has 102 valence electrons. The molecule has 2 nitrogen and oxygen atoms in total. The average Bonchev–Trinajstić information content (AvgIpc) is 2.38. The van der Waals surface area contributed by atoms with Crippen LogP contribution in [0.5, 0.6) is 0 Å². The normalized spacial score (nSPS) is 16.6. The fraction of sp³-hybridized carbons (Fsp3) is 0.625. The van der Waals surface area contributed by atoms with Crippen molar-refractivity contribution in [2.45, 2.75) is 52.6 Å². The largest absolute Gasteiger partial charge is 0.322 e. The highest BCUT2D eigenvalue weighted by atomic mass is 15.2. The summed E-state index contributed by atoms with van der Waals surface area (Å²) in [4.78, 5) is 2.47. The number of benzene rings is 1. The molecule has 0 saturated heterocycles. The van der Waals surface area contributed by atoms with Crippen molar-refractivity contribution in [2.24, 2.45) is 5.73 Å². The highest BCUT2D eigenvalue weighted by Gasteiger charge is 2.35. The van der Waals surface area contributed by atoms with Crippen LogP contribution in [-0.4, -0.2) is 23.5 Å². The van der Waals surface area contributed by atoms with E-state index in [9.17, 15) is 0 Å². The number of nitrogens with zero attached hydrogens (tertiary/aromatic N) is 1. The van der Waals surface area contributed by atoms with Gasteiger partial charge in [0.25, 0.3) is 0 Å². The van der Waals surface area contributed by atoms with E-state index in [1.165, 1.54) is 11.1 Å². The second-order valence-corrected chi connectivity index (χ2v) is 5.27. The number of hydrogen-bond acceptors (Lipinski definition) is 2. The van der Waals surface area contributed by atoms with E-state index in [1.54, 1.807) is 0 Å². The SMILES string of the molecule is CCN(CC)C(C)(CC)C(N)c1cccc(C)c1. The van der Waals surface area contributed by atoms with E-state index in [0.717, 1.165) is 19.5 Å². The summed E-state index contributed by atoms with van der Waals surface area (Å²) in [7, 11) is 0. The first-order valence-corrected chi connectivity index (χ1v) is 7.06. The lowest BCUT2D eigenvalue weighted by atomic mass is 9.83. The van der Waals surface area contributed by atoms with E-state index in [2.05, 4.69) is 63.8 Å². The molecule has 0 aliphatic carbocycles. The van der Waals surface area contributed by atoms with E-state index in [4.69, 9.17) is 5.73 Å². The lowest BCUT2D eigenvalue weighted by molar-refractivity contribution is 0.0844. The monoisotopic (exact) mass is 248 g/mol. The van der Waals surface area contributed by atoms with Crippen molar-refractivity contribution < 1.29 is 0 Å². The highest BCUT2D eigenvalue weighted by molar-refractivity contribution is 5.27. The fourth-order valence-corrected chi connectivity index (χ4v) is 2.81. The van der Waals surface area contributed by atoms with Gasteiger partial charge in [-0.15, -0.1) is 0 Å². The van der Waals surface area contributed by atoms with Gasteiger partial charge in [-0.05, 0) is 38.9 Å². The molecule has 1 rings (SSSR count). The van der Waals surface area contributed by atoms with Crippen LogP contribution in [0.4, 0.5) is 0 Å². The predicted octanol–water partition coefficient (Wildman–Crippen LogP) is 3.51. The van der Waals surface area contributed by atoms with Gasteiger partial charge in [0.1, 0.15) is 0 Å². The molecule has 2 heteroatoms. The Morgan fingerprint density at radius 3 is 2.28 bits per heavy atom. The van der Waals surface area contributed by atoms with Crippen LogP contribution in [-0.2, 0) is 0 Å². The van der Waals surface area contributed by atoms with E-state index >= 15 is 0 Å². The van der Waals surface area contributed by atoms with Gasteiger partial charge in [0, 0.05) is 11.6 Å². The van der Waals surface area contributed by atoms with Crippen LogP contribution < -0.4 is 5.73 Å². The number of rotatable bonds is 6. The van der Waals surface area contributed by atoms with Gasteiger partial charge in [-0.25, -0.2) is 0 Å². The molecule has 1 aromatic carbocycles. The van der Waals surface area contributed by atoms with Crippen LogP contribution in [0, 0.1) is 6.92 Å². The number of likely N-dealkylation sites (N-methyl/N-ethyl adjacent to an activating group) is 1. The highest BCUT2D eigenvalue weighted by Crippen LogP contribution is 2.32. The summed E-state index contributed by atoms with van der Waals surface area (Å²) in [6, 6.07) is 8.64. The van der Waals surface area contributed by atoms with Crippen LogP contribution in [0.2, 0.25) is 0 Å². The van der Waals surface area contributed by atoms with Gasteiger partial charge in [0.05, 0.1) is 0 Å². The third-order valence-electron chi connectivity index (χ3n) is 4.27. The van der Waals surface area contributed by atoms with Crippen LogP contribution in [0.3, 0.4) is 0 Å². The van der Waals surface area contributed by atoms with Gasteiger partial charge in [-0.1, -0.05) is 50.6 Å². The molecular formula is C16H28N2. The maximum absolute atomic E-state index is 6.56. The zero-order chi connectivity index (χ0) is 13.8. The van der Waals surface area contributed by atoms with Crippen molar-refractivity contribution >= 4 is 0 Å². The molecule has 0 bridgehead atoms. The summed E-state index contributed by atoms with van der Waals surface area (Å²) in [6.45, 7) is 13.1. The topological polar surface area (TPSA) is 29.3 Å². The molecule has 0 radical (unpaired) electrons. The van der Waals surface area contributed by atoms with Gasteiger partial charge < -0.3 is 5.73 Å². The Morgan fingerprint density at radius 2 is 1.83 bits per heavy atom. The first-order chi connectivity index (χ1) is 8.49. The van der Waals surface area contributed by atoms with Gasteiger partial charge in [0.15, 0.2) is 0 Å². The zero-order valence-electron chi connectivity index (χ0n) is 12.5. The van der Waals surface area contributed by atoms with Gasteiger partial charge in [-0.2, -0.15) is 0 Å². The molecular weight excluding hydrogens is 220 g/mol. The van der Waals surface area contributed by atoms with E-state index in [0.29, 0.717) is 0 Å². The summed E-state index contributed by atoms with van der Waals surface area (Å²) < 4.78 is 0. The second-order valence-electron chi connectivity index (χ2n) is 5.27. The Labute approximate surface area is 112 Å². The minimum absolute atomic E-state index is 0.0251. The Kier molecular flexibility index (Phi) is 5.36. The van der Waals surface area contributed by atoms with E-state index in [1.807, 2.05) is 0 Å². The molecule has 2 unspecified atom stereocenters. The summed E-state index contributed by atoms with van der Waals surface area (Å²) in [5.41, 5.74) is 9.11. The third kappa shape index (κ3) is 2.93. The molecule has 1 aromatic rings. The van der Waals surface area contributed by atoms with E-state index in [-0.39, 0.29) is 11.6 Å². The third-order valence-corrected chi connectivity index (χ3v) is 4.27. The fourth-order valence-electron chi connectivity index (χ4n) is 2.81. The maximum atomic E-state index is 6.56. The molecule has 0 spiro atoms. The Hall–Kier alpha value is -0.860. The summed E-state index contributed by atoms with van der Waals surface area (Å²) in [6.07, 6.45) is 1.06. The van der Waals surface area contributed by atoms with Crippen molar-refractivity contribution in [2.75, 3.05) is 13.1 Å². The molecule has 0 aliphatic heterocycles.